The molecule has 0 saturated carbocycles. The van der Waals surface area contributed by atoms with Crippen LogP contribution in [0.2, 0.25) is 0 Å². The molecule has 0 aliphatic heterocycles. The van der Waals surface area contributed by atoms with Crippen molar-refractivity contribution in [1.82, 2.24) is 4.98 Å². The maximum absolute atomic E-state index is 13.2. The molecule has 0 radical (unpaired) electrons. The Morgan fingerprint density at radius 3 is 2.39 bits per heavy atom. The predicted octanol–water partition coefficient (Wildman–Crippen LogP) is 6.08. The lowest BCUT2D eigenvalue weighted by atomic mass is 10.1. The van der Waals surface area contributed by atoms with Gasteiger partial charge >= 0.3 is 0 Å². The molecule has 3 aromatic carbocycles. The predicted molar refractivity (Wildman–Crippen MR) is 133 cm³/mol. The maximum Gasteiger partial charge on any atom is 0.265 e. The van der Waals surface area contributed by atoms with Crippen molar-refractivity contribution in [2.45, 2.75) is 18.7 Å². The van der Waals surface area contributed by atoms with E-state index >= 15 is 0 Å². The van der Waals surface area contributed by atoms with Gasteiger partial charge in [0, 0.05) is 28.3 Å². The summed E-state index contributed by atoms with van der Waals surface area (Å²) in [6, 6.07) is 21.9. The molecule has 0 fully saturated rings. The molecule has 0 saturated heterocycles. The maximum atomic E-state index is 13.2. The second kappa shape index (κ2) is 10.1. The number of sulfonamides is 1. The lowest BCUT2D eigenvalue weighted by Gasteiger charge is -2.14. The van der Waals surface area contributed by atoms with E-state index < -0.39 is 10.0 Å². The fourth-order valence-corrected chi connectivity index (χ4v) is 5.32. The van der Waals surface area contributed by atoms with Gasteiger partial charge in [-0.25, -0.2) is 13.4 Å². The highest BCUT2D eigenvalue weighted by atomic mass is 32.2. The summed E-state index contributed by atoms with van der Waals surface area (Å²) in [6.45, 7) is 4.48. The van der Waals surface area contributed by atoms with Crippen LogP contribution >= 0.6 is 11.3 Å². The van der Waals surface area contributed by atoms with Gasteiger partial charge in [-0.3, -0.25) is 4.72 Å². The minimum atomic E-state index is -3.88. The molecule has 4 aromatic rings. The summed E-state index contributed by atoms with van der Waals surface area (Å²) >= 11 is 1.55. The first-order chi connectivity index (χ1) is 16.0. The van der Waals surface area contributed by atoms with Crippen LogP contribution in [0.5, 0.6) is 11.5 Å². The summed E-state index contributed by atoms with van der Waals surface area (Å²) in [5, 5.41) is 2.88. The highest BCUT2D eigenvalue weighted by Gasteiger charge is 2.21. The van der Waals surface area contributed by atoms with Crippen LogP contribution in [-0.4, -0.2) is 26.6 Å². The summed E-state index contributed by atoms with van der Waals surface area (Å²) < 4.78 is 40.0. The number of thiazole rings is 1. The Morgan fingerprint density at radius 2 is 1.64 bits per heavy atom. The molecule has 0 aliphatic carbocycles. The molecule has 0 atom stereocenters. The van der Waals surface area contributed by atoms with Crippen molar-refractivity contribution >= 4 is 27.0 Å². The molecule has 0 amide bonds. The van der Waals surface area contributed by atoms with E-state index in [1.54, 1.807) is 48.6 Å². The largest absolute Gasteiger partial charge is 0.494 e. The standard InChI is InChI=1S/C25H24N2O4S2/c1-3-30-21-13-14-24(23(16-21)31-4-2)33(28,29)27-20-12-8-11-19(15-20)22-17-32-25(26-22)18-9-6-5-7-10-18/h5-17,27H,3-4H2,1-2H3. The van der Waals surface area contributed by atoms with Gasteiger partial charge in [0.15, 0.2) is 0 Å². The van der Waals surface area contributed by atoms with Gasteiger partial charge in [0.25, 0.3) is 10.0 Å². The first-order valence-corrected chi connectivity index (χ1v) is 12.9. The van der Waals surface area contributed by atoms with Crippen LogP contribution in [0.25, 0.3) is 21.8 Å². The van der Waals surface area contributed by atoms with Gasteiger partial charge in [-0.2, -0.15) is 0 Å². The van der Waals surface area contributed by atoms with E-state index in [1.807, 2.05) is 48.7 Å². The van der Waals surface area contributed by atoms with Crippen LogP contribution in [0.15, 0.2) is 83.1 Å². The first kappa shape index (κ1) is 22.8. The monoisotopic (exact) mass is 480 g/mol. The fraction of sp³-hybridized carbons (Fsp3) is 0.160. The Bertz CT molecular complexity index is 1340. The van der Waals surface area contributed by atoms with Crippen molar-refractivity contribution in [1.29, 1.82) is 0 Å². The van der Waals surface area contributed by atoms with Gasteiger partial charge in [-0.15, -0.1) is 11.3 Å². The highest BCUT2D eigenvalue weighted by molar-refractivity contribution is 7.92. The number of rotatable bonds is 9. The van der Waals surface area contributed by atoms with Crippen molar-refractivity contribution in [2.24, 2.45) is 0 Å². The van der Waals surface area contributed by atoms with Gasteiger partial charge in [0.1, 0.15) is 21.4 Å². The minimum absolute atomic E-state index is 0.0539. The van der Waals surface area contributed by atoms with E-state index in [0.717, 1.165) is 21.8 Å². The normalized spacial score (nSPS) is 11.2. The molecule has 0 bridgehead atoms. The van der Waals surface area contributed by atoms with Gasteiger partial charge in [-0.1, -0.05) is 42.5 Å². The topological polar surface area (TPSA) is 77.5 Å². The lowest BCUT2D eigenvalue weighted by molar-refractivity contribution is 0.317. The summed E-state index contributed by atoms with van der Waals surface area (Å²) in [5.41, 5.74) is 3.10. The van der Waals surface area contributed by atoms with Gasteiger partial charge in [0.05, 0.1) is 18.9 Å². The summed E-state index contributed by atoms with van der Waals surface area (Å²) in [5.74, 6) is 0.804. The zero-order valence-corrected chi connectivity index (χ0v) is 19.9. The zero-order chi connectivity index (χ0) is 23.3. The van der Waals surface area contributed by atoms with Crippen molar-refractivity contribution in [2.75, 3.05) is 17.9 Å². The number of ether oxygens (including phenoxy) is 2. The van der Waals surface area contributed by atoms with Crippen LogP contribution in [-0.2, 0) is 10.0 Å². The molecule has 4 rings (SSSR count). The second-order valence-electron chi connectivity index (χ2n) is 7.06. The zero-order valence-electron chi connectivity index (χ0n) is 18.3. The number of benzene rings is 3. The molecule has 0 aliphatic rings. The number of anilines is 1. The van der Waals surface area contributed by atoms with Crippen LogP contribution in [0.1, 0.15) is 13.8 Å². The highest BCUT2D eigenvalue weighted by Crippen LogP contribution is 2.32. The van der Waals surface area contributed by atoms with E-state index in [1.165, 1.54) is 6.07 Å². The molecule has 1 heterocycles. The molecule has 6 nitrogen and oxygen atoms in total. The second-order valence-corrected chi connectivity index (χ2v) is 9.57. The first-order valence-electron chi connectivity index (χ1n) is 10.5. The fourth-order valence-electron chi connectivity index (χ4n) is 3.31. The van der Waals surface area contributed by atoms with Crippen LogP contribution in [0.4, 0.5) is 5.69 Å². The summed E-state index contributed by atoms with van der Waals surface area (Å²) in [7, 11) is -3.88. The average molecular weight is 481 g/mol. The van der Waals surface area contributed by atoms with Gasteiger partial charge in [-0.05, 0) is 38.1 Å². The Hall–Kier alpha value is -3.36. The molecular formula is C25H24N2O4S2. The molecule has 0 unspecified atom stereocenters. The van der Waals surface area contributed by atoms with Gasteiger partial charge in [0.2, 0.25) is 0 Å². The SMILES string of the molecule is CCOc1ccc(S(=O)(=O)Nc2cccc(-c3csc(-c4ccccc4)n3)c2)c(OCC)c1. The van der Waals surface area contributed by atoms with Crippen molar-refractivity contribution < 1.29 is 17.9 Å². The summed E-state index contributed by atoms with van der Waals surface area (Å²) in [4.78, 5) is 4.77. The van der Waals surface area contributed by atoms with E-state index in [0.29, 0.717) is 24.7 Å². The Morgan fingerprint density at radius 1 is 0.879 bits per heavy atom. The Kier molecular flexibility index (Phi) is 6.96. The van der Waals surface area contributed by atoms with Crippen LogP contribution < -0.4 is 14.2 Å². The van der Waals surface area contributed by atoms with Crippen molar-refractivity contribution in [3.63, 3.8) is 0 Å². The number of nitrogens with zero attached hydrogens (tertiary/aromatic N) is 1. The molecule has 170 valence electrons. The molecule has 1 N–H and O–H groups in total. The third-order valence-electron chi connectivity index (χ3n) is 4.75. The Balaban J connectivity index is 1.60. The van der Waals surface area contributed by atoms with Gasteiger partial charge < -0.3 is 9.47 Å². The van der Waals surface area contributed by atoms with Crippen LogP contribution in [0, 0.1) is 0 Å². The summed E-state index contributed by atoms with van der Waals surface area (Å²) in [6.07, 6.45) is 0. The van der Waals surface area contributed by atoms with E-state index in [4.69, 9.17) is 14.5 Å². The molecule has 8 heteroatoms. The smallest absolute Gasteiger partial charge is 0.265 e. The third-order valence-corrected chi connectivity index (χ3v) is 7.06. The minimum Gasteiger partial charge on any atom is -0.494 e. The number of nitrogens with one attached hydrogen (secondary N) is 1. The van der Waals surface area contributed by atoms with E-state index in [-0.39, 0.29) is 10.6 Å². The van der Waals surface area contributed by atoms with Crippen molar-refractivity contribution in [3.05, 3.63) is 78.2 Å². The quantitative estimate of drug-likeness (QED) is 0.314. The average Bonchev–Trinajstić information content (AvgIpc) is 3.31. The Labute approximate surface area is 197 Å². The molecule has 0 spiro atoms. The third kappa shape index (κ3) is 5.35. The van der Waals surface area contributed by atoms with Crippen molar-refractivity contribution in [3.8, 4) is 33.3 Å². The molecule has 1 aromatic heterocycles. The molecule has 33 heavy (non-hydrogen) atoms. The molecular weight excluding hydrogens is 456 g/mol. The number of aromatic nitrogens is 1. The van der Waals surface area contributed by atoms with E-state index in [2.05, 4.69) is 4.72 Å². The number of hydrogen-bond donors (Lipinski definition) is 1. The number of hydrogen-bond acceptors (Lipinski definition) is 6. The van der Waals surface area contributed by atoms with E-state index in [9.17, 15) is 8.42 Å². The lowest BCUT2D eigenvalue weighted by Crippen LogP contribution is -2.14. The van der Waals surface area contributed by atoms with Crippen LogP contribution in [0.3, 0.4) is 0 Å².